The summed E-state index contributed by atoms with van der Waals surface area (Å²) in [6.07, 6.45) is 0. The average molecular weight is 321 g/mol. The van der Waals surface area contributed by atoms with Crippen LogP contribution < -0.4 is 0 Å². The molecule has 0 radical (unpaired) electrons. The van der Waals surface area contributed by atoms with Crippen LogP contribution in [0.5, 0.6) is 0 Å². The third kappa shape index (κ3) is 1.86. The topological polar surface area (TPSA) is 4.93 Å². The molecule has 90 valence electrons. The second-order valence-electron chi connectivity index (χ2n) is 4.27. The Bertz CT molecular complexity index is 730. The summed E-state index contributed by atoms with van der Waals surface area (Å²) >= 11 is 9.75. The molecule has 1 nitrogen and oxygen atoms in total. The van der Waals surface area contributed by atoms with Crippen molar-refractivity contribution in [2.45, 2.75) is 0 Å². The molecule has 0 aliphatic heterocycles. The summed E-state index contributed by atoms with van der Waals surface area (Å²) in [5.74, 6) is 0. The highest BCUT2D eigenvalue weighted by atomic mass is 79.9. The maximum Gasteiger partial charge on any atom is 0.0510 e. The van der Waals surface area contributed by atoms with Crippen LogP contribution in [0.1, 0.15) is 0 Å². The van der Waals surface area contributed by atoms with Crippen LogP contribution >= 0.6 is 27.5 Å². The molecule has 3 aromatic rings. The summed E-state index contributed by atoms with van der Waals surface area (Å²) in [6, 6.07) is 16.5. The molecular weight excluding hydrogens is 310 g/mol. The lowest BCUT2D eigenvalue weighted by Crippen LogP contribution is -1.91. The zero-order chi connectivity index (χ0) is 12.7. The van der Waals surface area contributed by atoms with E-state index in [2.05, 4.69) is 57.9 Å². The number of rotatable bonds is 1. The van der Waals surface area contributed by atoms with Gasteiger partial charge in [0, 0.05) is 28.0 Å². The third-order valence-corrected chi connectivity index (χ3v) is 3.96. The molecule has 2 aromatic carbocycles. The van der Waals surface area contributed by atoms with Crippen molar-refractivity contribution >= 4 is 38.4 Å². The molecule has 0 aliphatic rings. The highest BCUT2D eigenvalue weighted by Gasteiger charge is 2.10. The number of para-hydroxylation sites is 1. The van der Waals surface area contributed by atoms with Crippen LogP contribution in [-0.2, 0) is 7.05 Å². The number of aryl methyl sites for hydroxylation is 1. The van der Waals surface area contributed by atoms with E-state index in [1.165, 1.54) is 10.9 Å². The molecule has 0 N–H and O–H groups in total. The lowest BCUT2D eigenvalue weighted by molar-refractivity contribution is 0.978. The van der Waals surface area contributed by atoms with E-state index in [1.807, 2.05) is 18.2 Å². The zero-order valence-electron chi connectivity index (χ0n) is 9.82. The summed E-state index contributed by atoms with van der Waals surface area (Å²) in [5, 5.41) is 1.99. The van der Waals surface area contributed by atoms with Crippen molar-refractivity contribution < 1.29 is 0 Å². The van der Waals surface area contributed by atoms with Gasteiger partial charge in [-0.1, -0.05) is 51.8 Å². The molecule has 18 heavy (non-hydrogen) atoms. The fourth-order valence-electron chi connectivity index (χ4n) is 2.24. The van der Waals surface area contributed by atoms with E-state index in [-0.39, 0.29) is 0 Å². The van der Waals surface area contributed by atoms with Crippen LogP contribution in [0.3, 0.4) is 0 Å². The first kappa shape index (κ1) is 11.8. The molecule has 0 saturated heterocycles. The van der Waals surface area contributed by atoms with Gasteiger partial charge in [0.1, 0.15) is 0 Å². The van der Waals surface area contributed by atoms with Crippen molar-refractivity contribution in [1.29, 1.82) is 0 Å². The number of hydrogen-bond donors (Lipinski definition) is 0. The predicted molar refractivity (Wildman–Crippen MR) is 81.1 cm³/mol. The second kappa shape index (κ2) is 4.45. The van der Waals surface area contributed by atoms with Crippen LogP contribution in [0, 0.1) is 0 Å². The van der Waals surface area contributed by atoms with Crippen molar-refractivity contribution in [2.75, 3.05) is 0 Å². The van der Waals surface area contributed by atoms with Crippen molar-refractivity contribution in [3.63, 3.8) is 0 Å². The van der Waals surface area contributed by atoms with Crippen molar-refractivity contribution in [3.05, 3.63) is 58.0 Å². The molecule has 0 atom stereocenters. The Morgan fingerprint density at radius 2 is 1.83 bits per heavy atom. The number of benzene rings is 2. The van der Waals surface area contributed by atoms with E-state index in [0.717, 1.165) is 20.8 Å². The van der Waals surface area contributed by atoms with Crippen LogP contribution in [0.2, 0.25) is 5.02 Å². The summed E-state index contributed by atoms with van der Waals surface area (Å²) in [6.45, 7) is 0. The molecular formula is C15H11BrClN. The maximum absolute atomic E-state index is 6.32. The monoisotopic (exact) mass is 319 g/mol. The van der Waals surface area contributed by atoms with Crippen molar-refractivity contribution in [2.24, 2.45) is 7.05 Å². The molecule has 0 aliphatic carbocycles. The second-order valence-corrected chi connectivity index (χ2v) is 5.59. The first-order chi connectivity index (χ1) is 8.66. The van der Waals surface area contributed by atoms with Gasteiger partial charge in [-0.05, 0) is 24.3 Å². The van der Waals surface area contributed by atoms with Crippen LogP contribution in [0.15, 0.2) is 53.0 Å². The number of aromatic nitrogens is 1. The minimum absolute atomic E-state index is 0.760. The standard InChI is InChI=1S/C15H11BrClN/c1-18-14-5-3-2-4-10(14)8-15(18)12-7-6-11(16)9-13(12)17/h2-9H,1H3. The number of fused-ring (bicyclic) bond motifs is 1. The minimum atomic E-state index is 0.760. The molecule has 0 bridgehead atoms. The Labute approximate surface area is 119 Å². The maximum atomic E-state index is 6.32. The van der Waals surface area contributed by atoms with Gasteiger partial charge in [-0.3, -0.25) is 0 Å². The van der Waals surface area contributed by atoms with E-state index >= 15 is 0 Å². The SMILES string of the molecule is Cn1c(-c2ccc(Br)cc2Cl)cc2ccccc21. The van der Waals surface area contributed by atoms with E-state index in [4.69, 9.17) is 11.6 Å². The quantitative estimate of drug-likeness (QED) is 0.576. The highest BCUT2D eigenvalue weighted by Crippen LogP contribution is 2.33. The number of nitrogens with zero attached hydrogens (tertiary/aromatic N) is 1. The van der Waals surface area contributed by atoms with Crippen LogP contribution in [-0.4, -0.2) is 4.57 Å². The van der Waals surface area contributed by atoms with E-state index < -0.39 is 0 Å². The van der Waals surface area contributed by atoms with Crippen molar-refractivity contribution in [3.8, 4) is 11.3 Å². The molecule has 0 saturated carbocycles. The smallest absolute Gasteiger partial charge is 0.0510 e. The fraction of sp³-hybridized carbons (Fsp3) is 0.0667. The Hall–Kier alpha value is -1.25. The summed E-state index contributed by atoms with van der Waals surface area (Å²) in [4.78, 5) is 0. The van der Waals surface area contributed by atoms with E-state index in [1.54, 1.807) is 0 Å². The van der Waals surface area contributed by atoms with E-state index in [0.29, 0.717) is 0 Å². The first-order valence-corrected chi connectivity index (χ1v) is 6.84. The van der Waals surface area contributed by atoms with Gasteiger partial charge in [-0.25, -0.2) is 0 Å². The fourth-order valence-corrected chi connectivity index (χ4v) is 3.01. The predicted octanol–water partition coefficient (Wildman–Crippen LogP) is 5.26. The molecule has 3 heteroatoms. The lowest BCUT2D eigenvalue weighted by Gasteiger charge is -2.07. The minimum Gasteiger partial charge on any atom is -0.344 e. The molecule has 0 fully saturated rings. The van der Waals surface area contributed by atoms with Crippen molar-refractivity contribution in [1.82, 2.24) is 4.57 Å². The Morgan fingerprint density at radius 3 is 2.56 bits per heavy atom. The van der Waals surface area contributed by atoms with Crippen LogP contribution in [0.25, 0.3) is 22.2 Å². The van der Waals surface area contributed by atoms with Gasteiger partial charge in [0.15, 0.2) is 0 Å². The average Bonchev–Trinajstić information content (AvgIpc) is 2.68. The Kier molecular flexibility index (Phi) is 2.92. The number of halogens is 2. The summed E-state index contributed by atoms with van der Waals surface area (Å²) in [7, 11) is 2.07. The summed E-state index contributed by atoms with van der Waals surface area (Å²) < 4.78 is 3.17. The van der Waals surface area contributed by atoms with Gasteiger partial charge >= 0.3 is 0 Å². The lowest BCUT2D eigenvalue weighted by atomic mass is 10.1. The van der Waals surface area contributed by atoms with Gasteiger partial charge < -0.3 is 4.57 Å². The van der Waals surface area contributed by atoms with Crippen LogP contribution in [0.4, 0.5) is 0 Å². The zero-order valence-corrected chi connectivity index (χ0v) is 12.2. The van der Waals surface area contributed by atoms with Gasteiger partial charge in [-0.2, -0.15) is 0 Å². The third-order valence-electron chi connectivity index (χ3n) is 3.16. The molecule has 3 rings (SSSR count). The summed E-state index contributed by atoms with van der Waals surface area (Å²) in [5.41, 5.74) is 3.40. The Balaban J connectivity index is 2.28. The van der Waals surface area contributed by atoms with Gasteiger partial charge in [0.05, 0.1) is 10.7 Å². The molecule has 1 heterocycles. The van der Waals surface area contributed by atoms with Gasteiger partial charge in [0.2, 0.25) is 0 Å². The largest absolute Gasteiger partial charge is 0.344 e. The van der Waals surface area contributed by atoms with Gasteiger partial charge in [0.25, 0.3) is 0 Å². The molecule has 0 unspecified atom stereocenters. The number of hydrogen-bond acceptors (Lipinski definition) is 0. The normalized spacial score (nSPS) is 11.1. The van der Waals surface area contributed by atoms with Gasteiger partial charge in [-0.15, -0.1) is 0 Å². The Morgan fingerprint density at radius 1 is 1.06 bits per heavy atom. The first-order valence-electron chi connectivity index (χ1n) is 5.67. The van der Waals surface area contributed by atoms with E-state index in [9.17, 15) is 0 Å². The molecule has 0 spiro atoms. The molecule has 1 aromatic heterocycles. The highest BCUT2D eigenvalue weighted by molar-refractivity contribution is 9.10. The molecule has 0 amide bonds.